The minimum atomic E-state index is -0.207. The second-order valence-corrected chi connectivity index (χ2v) is 4.55. The molecule has 14 heavy (non-hydrogen) atoms. The molecule has 3 atom stereocenters. The van der Waals surface area contributed by atoms with Crippen LogP contribution in [-0.4, -0.2) is 48.3 Å². The van der Waals surface area contributed by atoms with Gasteiger partial charge in [0.25, 0.3) is 0 Å². The van der Waals surface area contributed by atoms with Crippen LogP contribution in [0.1, 0.15) is 25.7 Å². The van der Waals surface area contributed by atoms with Gasteiger partial charge in [0.1, 0.15) is 0 Å². The molecule has 0 aromatic carbocycles. The molecule has 2 bridgehead atoms. The molecule has 3 nitrogen and oxygen atoms in total. The van der Waals surface area contributed by atoms with E-state index in [0.29, 0.717) is 6.54 Å². The highest BCUT2D eigenvalue weighted by Crippen LogP contribution is 2.34. The molecule has 0 aromatic heterocycles. The summed E-state index contributed by atoms with van der Waals surface area (Å²) < 4.78 is 0. The van der Waals surface area contributed by atoms with Crippen molar-refractivity contribution in [1.29, 1.82) is 0 Å². The molecule has 2 saturated heterocycles. The maximum Gasteiger partial charge on any atom is 0.0791 e. The third-order valence-corrected chi connectivity index (χ3v) is 3.51. The zero-order chi connectivity index (χ0) is 9.97. The van der Waals surface area contributed by atoms with Gasteiger partial charge in [-0.15, -0.1) is 0 Å². The van der Waals surface area contributed by atoms with Crippen LogP contribution >= 0.6 is 0 Å². The van der Waals surface area contributed by atoms with E-state index in [1.54, 1.807) is 0 Å². The lowest BCUT2D eigenvalue weighted by atomic mass is 10.0. The summed E-state index contributed by atoms with van der Waals surface area (Å²) >= 11 is 0. The number of nitrogens with zero attached hydrogens (tertiary/aromatic N) is 1. The highest BCUT2D eigenvalue weighted by molar-refractivity contribution is 4.98. The number of rotatable bonds is 4. The van der Waals surface area contributed by atoms with Gasteiger partial charge in [-0.05, 0) is 39.2 Å². The van der Waals surface area contributed by atoms with E-state index >= 15 is 0 Å². The molecule has 2 N–H and O–H groups in total. The number of fused-ring (bicyclic) bond motifs is 2. The molecule has 81 valence electrons. The van der Waals surface area contributed by atoms with E-state index in [2.05, 4.69) is 16.6 Å². The average molecular weight is 197 g/mol. The molecule has 2 rings (SSSR count). The van der Waals surface area contributed by atoms with Crippen LogP contribution in [0.15, 0.2) is 0 Å². The van der Waals surface area contributed by atoms with Crippen molar-refractivity contribution in [2.24, 2.45) is 0 Å². The lowest BCUT2D eigenvalue weighted by molar-refractivity contribution is 0.0731. The van der Waals surface area contributed by atoms with Crippen molar-refractivity contribution in [1.82, 2.24) is 10.2 Å². The number of nitrogens with one attached hydrogen (secondary N) is 1. The van der Waals surface area contributed by atoms with Crippen LogP contribution in [0.3, 0.4) is 0 Å². The van der Waals surface area contributed by atoms with Gasteiger partial charge in [-0.25, -0.2) is 0 Å². The Morgan fingerprint density at radius 1 is 1.43 bits per heavy atom. The molecule has 0 unspecified atom stereocenters. The van der Waals surface area contributed by atoms with Crippen LogP contribution in [0.4, 0.5) is 0 Å². The summed E-state index contributed by atoms with van der Waals surface area (Å²) in [6.45, 7) is 1.56. The molecular formula is C11H21N2O. The van der Waals surface area contributed by atoms with Crippen molar-refractivity contribution in [3.05, 3.63) is 6.42 Å². The van der Waals surface area contributed by atoms with Gasteiger partial charge in [0, 0.05) is 25.2 Å². The molecule has 3 heteroatoms. The van der Waals surface area contributed by atoms with E-state index in [1.807, 2.05) is 7.05 Å². The summed E-state index contributed by atoms with van der Waals surface area (Å²) in [5.74, 6) is 0. The van der Waals surface area contributed by atoms with E-state index in [1.165, 1.54) is 25.7 Å². The first-order valence-electron chi connectivity index (χ1n) is 5.71. The molecule has 2 aliphatic rings. The molecule has 0 saturated carbocycles. The highest BCUT2D eigenvalue weighted by atomic mass is 16.3. The van der Waals surface area contributed by atoms with Crippen molar-refractivity contribution in [3.63, 3.8) is 0 Å². The number of hydrogen-bond donors (Lipinski definition) is 2. The fraction of sp³-hybridized carbons (Fsp3) is 0.909. The van der Waals surface area contributed by atoms with Crippen LogP contribution in [0.25, 0.3) is 0 Å². The summed E-state index contributed by atoms with van der Waals surface area (Å²) in [6, 6.07) is 1.44. The first-order chi connectivity index (χ1) is 6.81. The van der Waals surface area contributed by atoms with E-state index in [0.717, 1.165) is 18.6 Å². The van der Waals surface area contributed by atoms with Crippen molar-refractivity contribution in [3.8, 4) is 0 Å². The van der Waals surface area contributed by atoms with Gasteiger partial charge in [0.15, 0.2) is 0 Å². The van der Waals surface area contributed by atoms with Crippen LogP contribution in [-0.2, 0) is 0 Å². The van der Waals surface area contributed by atoms with Gasteiger partial charge in [-0.2, -0.15) is 0 Å². The maximum atomic E-state index is 9.75. The molecule has 0 aliphatic carbocycles. The summed E-state index contributed by atoms with van der Waals surface area (Å²) in [5.41, 5.74) is 0. The van der Waals surface area contributed by atoms with Gasteiger partial charge in [-0.1, -0.05) is 0 Å². The van der Waals surface area contributed by atoms with Crippen molar-refractivity contribution in [2.75, 3.05) is 20.1 Å². The molecular weight excluding hydrogens is 176 g/mol. The van der Waals surface area contributed by atoms with Gasteiger partial charge in [0.2, 0.25) is 0 Å². The Labute approximate surface area is 86.5 Å². The summed E-state index contributed by atoms with van der Waals surface area (Å²) in [6.07, 6.45) is 7.32. The third kappa shape index (κ3) is 2.10. The van der Waals surface area contributed by atoms with Gasteiger partial charge < -0.3 is 10.4 Å². The third-order valence-electron chi connectivity index (χ3n) is 3.51. The van der Waals surface area contributed by atoms with E-state index in [-0.39, 0.29) is 6.10 Å². The Bertz CT molecular complexity index is 170. The second-order valence-electron chi connectivity index (χ2n) is 4.55. The molecule has 2 heterocycles. The van der Waals surface area contributed by atoms with Crippen molar-refractivity contribution in [2.45, 2.75) is 43.9 Å². The lowest BCUT2D eigenvalue weighted by Crippen LogP contribution is -2.46. The molecule has 0 spiro atoms. The van der Waals surface area contributed by atoms with E-state index in [4.69, 9.17) is 0 Å². The first kappa shape index (κ1) is 10.4. The Morgan fingerprint density at radius 2 is 2.07 bits per heavy atom. The number of aliphatic hydroxyl groups excluding tert-OH is 1. The zero-order valence-corrected chi connectivity index (χ0v) is 8.95. The smallest absolute Gasteiger partial charge is 0.0791 e. The number of aliphatic hydroxyl groups is 1. The van der Waals surface area contributed by atoms with Crippen LogP contribution < -0.4 is 5.32 Å². The number of likely N-dealkylation sites (N-methyl/N-ethyl adjacent to an activating group) is 1. The minimum absolute atomic E-state index is 0.207. The Hall–Kier alpha value is -0.120. The standard InChI is InChI=1S/C11H21N2O/c1-12-7-11(14)8-13-9-3-2-4-10(13)6-5-9/h2,9-12,14H,3-8H2,1H3/t9-,10+,11-/m0/s1. The molecule has 2 fully saturated rings. The minimum Gasteiger partial charge on any atom is -0.390 e. The normalized spacial score (nSPS) is 34.7. The summed E-state index contributed by atoms with van der Waals surface area (Å²) in [7, 11) is 1.89. The monoisotopic (exact) mass is 197 g/mol. The van der Waals surface area contributed by atoms with Crippen molar-refractivity contribution >= 4 is 0 Å². The number of piperidine rings is 1. The first-order valence-corrected chi connectivity index (χ1v) is 5.71. The maximum absolute atomic E-state index is 9.75. The Balaban J connectivity index is 1.85. The van der Waals surface area contributed by atoms with Crippen molar-refractivity contribution < 1.29 is 5.11 Å². The Kier molecular flexibility index (Phi) is 3.42. The number of hydrogen-bond acceptors (Lipinski definition) is 3. The topological polar surface area (TPSA) is 35.5 Å². The van der Waals surface area contributed by atoms with E-state index < -0.39 is 0 Å². The highest BCUT2D eigenvalue weighted by Gasteiger charge is 2.36. The van der Waals surface area contributed by atoms with Gasteiger partial charge in [0.05, 0.1) is 6.10 Å². The van der Waals surface area contributed by atoms with Gasteiger partial charge in [-0.3, -0.25) is 4.90 Å². The molecule has 0 aromatic rings. The SMILES string of the molecule is CNC[C@H](O)CN1[C@@H]2C[CH]C[C@H]1CC2. The molecule has 1 radical (unpaired) electrons. The fourth-order valence-electron chi connectivity index (χ4n) is 2.84. The summed E-state index contributed by atoms with van der Waals surface area (Å²) in [5, 5.41) is 12.8. The predicted molar refractivity (Wildman–Crippen MR) is 57.0 cm³/mol. The van der Waals surface area contributed by atoms with Gasteiger partial charge >= 0.3 is 0 Å². The predicted octanol–water partition coefficient (Wildman–Crippen LogP) is 0.398. The Morgan fingerprint density at radius 3 is 2.64 bits per heavy atom. The zero-order valence-electron chi connectivity index (χ0n) is 8.95. The summed E-state index contributed by atoms with van der Waals surface area (Å²) in [4.78, 5) is 2.52. The molecule has 2 aliphatic heterocycles. The lowest BCUT2D eigenvalue weighted by Gasteiger charge is -2.35. The van der Waals surface area contributed by atoms with Crippen LogP contribution in [0.2, 0.25) is 0 Å². The van der Waals surface area contributed by atoms with Crippen LogP contribution in [0, 0.1) is 6.42 Å². The fourth-order valence-corrected chi connectivity index (χ4v) is 2.84. The molecule has 0 amide bonds. The average Bonchev–Trinajstić information content (AvgIpc) is 2.41. The van der Waals surface area contributed by atoms with E-state index in [9.17, 15) is 5.11 Å². The quantitative estimate of drug-likeness (QED) is 0.685. The second kappa shape index (κ2) is 4.60. The van der Waals surface area contributed by atoms with Crippen LogP contribution in [0.5, 0.6) is 0 Å². The largest absolute Gasteiger partial charge is 0.390 e.